The Morgan fingerprint density at radius 3 is 2.17 bits per heavy atom. The van der Waals surface area contributed by atoms with Gasteiger partial charge in [-0.15, -0.1) is 0 Å². The molecule has 2 nitrogen and oxygen atoms in total. The minimum atomic E-state index is -0.894. The van der Waals surface area contributed by atoms with Crippen LogP contribution in [0.4, 0.5) is 13.2 Å². The summed E-state index contributed by atoms with van der Waals surface area (Å²) in [5.41, 5.74) is -0.156. The molecule has 18 heavy (non-hydrogen) atoms. The Balaban J connectivity index is 2.34. The van der Waals surface area contributed by atoms with Crippen molar-refractivity contribution in [3.63, 3.8) is 0 Å². The molecule has 2 rings (SSSR count). The third-order valence-electron chi connectivity index (χ3n) is 2.24. The fourth-order valence-electron chi connectivity index (χ4n) is 1.36. The number of carbonyl (C=O) groups excluding carboxylic acids is 1. The minimum Gasteiger partial charge on any atom is -0.451 e. The molecule has 0 unspecified atom stereocenters. The molecule has 0 spiro atoms. The summed E-state index contributed by atoms with van der Waals surface area (Å²) < 4.78 is 44.7. The SMILES string of the molecule is O=Cc1ccc(Oc2c(F)cccc2F)cc1F. The topological polar surface area (TPSA) is 26.3 Å². The van der Waals surface area contributed by atoms with Crippen LogP contribution in [-0.2, 0) is 0 Å². The van der Waals surface area contributed by atoms with Gasteiger partial charge in [-0.3, -0.25) is 4.79 Å². The molecular formula is C13H7F3O2. The van der Waals surface area contributed by atoms with Crippen LogP contribution < -0.4 is 4.74 Å². The summed E-state index contributed by atoms with van der Waals surface area (Å²) >= 11 is 0. The van der Waals surface area contributed by atoms with Gasteiger partial charge in [-0.25, -0.2) is 13.2 Å². The van der Waals surface area contributed by atoms with Gasteiger partial charge >= 0.3 is 0 Å². The predicted octanol–water partition coefficient (Wildman–Crippen LogP) is 3.71. The average Bonchev–Trinajstić information content (AvgIpc) is 2.34. The van der Waals surface area contributed by atoms with Gasteiger partial charge in [-0.1, -0.05) is 6.07 Å². The van der Waals surface area contributed by atoms with Crippen molar-refractivity contribution in [1.82, 2.24) is 0 Å². The Bertz CT molecular complexity index is 577. The van der Waals surface area contributed by atoms with E-state index in [2.05, 4.69) is 0 Å². The van der Waals surface area contributed by atoms with Crippen LogP contribution in [0.2, 0.25) is 0 Å². The zero-order valence-corrected chi connectivity index (χ0v) is 8.99. The first-order chi connectivity index (χ1) is 8.61. The predicted molar refractivity (Wildman–Crippen MR) is 58.2 cm³/mol. The lowest BCUT2D eigenvalue weighted by Gasteiger charge is -2.08. The smallest absolute Gasteiger partial charge is 0.198 e. The molecular weight excluding hydrogens is 245 g/mol. The molecule has 0 radical (unpaired) electrons. The summed E-state index contributed by atoms with van der Waals surface area (Å²) in [4.78, 5) is 10.4. The number of rotatable bonds is 3. The number of hydrogen-bond acceptors (Lipinski definition) is 2. The lowest BCUT2D eigenvalue weighted by Crippen LogP contribution is -1.94. The van der Waals surface area contributed by atoms with E-state index in [-0.39, 0.29) is 11.3 Å². The van der Waals surface area contributed by atoms with Crippen LogP contribution in [0.5, 0.6) is 11.5 Å². The number of halogens is 3. The second-order valence-electron chi connectivity index (χ2n) is 3.45. The van der Waals surface area contributed by atoms with E-state index in [4.69, 9.17) is 4.74 Å². The Morgan fingerprint density at radius 1 is 0.944 bits per heavy atom. The van der Waals surface area contributed by atoms with Crippen molar-refractivity contribution in [3.8, 4) is 11.5 Å². The molecule has 0 atom stereocenters. The highest BCUT2D eigenvalue weighted by molar-refractivity contribution is 5.75. The molecule has 0 aromatic heterocycles. The number of ether oxygens (including phenoxy) is 1. The summed E-state index contributed by atoms with van der Waals surface area (Å²) in [6.07, 6.45) is 0.336. The minimum absolute atomic E-state index is 0.0953. The zero-order chi connectivity index (χ0) is 13.1. The van der Waals surface area contributed by atoms with E-state index in [0.717, 1.165) is 24.3 Å². The zero-order valence-electron chi connectivity index (χ0n) is 8.99. The summed E-state index contributed by atoms with van der Waals surface area (Å²) in [5.74, 6) is -3.32. The van der Waals surface area contributed by atoms with E-state index < -0.39 is 23.2 Å². The van der Waals surface area contributed by atoms with Crippen molar-refractivity contribution in [1.29, 1.82) is 0 Å². The van der Waals surface area contributed by atoms with Gasteiger partial charge in [0.25, 0.3) is 0 Å². The van der Waals surface area contributed by atoms with Gasteiger partial charge in [0.15, 0.2) is 23.7 Å². The Labute approximate surface area is 101 Å². The molecule has 0 aliphatic rings. The maximum Gasteiger partial charge on any atom is 0.198 e. The molecule has 0 saturated heterocycles. The van der Waals surface area contributed by atoms with Crippen LogP contribution in [0.3, 0.4) is 0 Å². The molecule has 0 fully saturated rings. The lowest BCUT2D eigenvalue weighted by molar-refractivity contribution is 0.112. The highest BCUT2D eigenvalue weighted by Gasteiger charge is 2.12. The van der Waals surface area contributed by atoms with E-state index in [0.29, 0.717) is 6.29 Å². The fourth-order valence-corrected chi connectivity index (χ4v) is 1.36. The molecule has 2 aromatic rings. The van der Waals surface area contributed by atoms with Crippen molar-refractivity contribution in [2.24, 2.45) is 0 Å². The van der Waals surface area contributed by atoms with Gasteiger partial charge < -0.3 is 4.74 Å². The second kappa shape index (κ2) is 4.91. The number of aldehydes is 1. The van der Waals surface area contributed by atoms with Crippen molar-refractivity contribution in [2.45, 2.75) is 0 Å². The summed E-state index contributed by atoms with van der Waals surface area (Å²) in [6, 6.07) is 6.53. The number of hydrogen-bond donors (Lipinski definition) is 0. The molecule has 92 valence electrons. The molecule has 5 heteroatoms. The first kappa shape index (κ1) is 12.2. The van der Waals surface area contributed by atoms with Gasteiger partial charge in [0.1, 0.15) is 11.6 Å². The summed E-state index contributed by atoms with van der Waals surface area (Å²) in [5, 5.41) is 0. The second-order valence-corrected chi connectivity index (χ2v) is 3.45. The molecule has 0 aliphatic heterocycles. The molecule has 0 heterocycles. The first-order valence-corrected chi connectivity index (χ1v) is 4.98. The Morgan fingerprint density at radius 2 is 1.61 bits per heavy atom. The van der Waals surface area contributed by atoms with Crippen LogP contribution >= 0.6 is 0 Å². The molecule has 0 bridgehead atoms. The molecule has 0 saturated carbocycles. The van der Waals surface area contributed by atoms with Crippen molar-refractivity contribution in [2.75, 3.05) is 0 Å². The molecule has 0 amide bonds. The fraction of sp³-hybridized carbons (Fsp3) is 0. The van der Waals surface area contributed by atoms with Crippen molar-refractivity contribution < 1.29 is 22.7 Å². The van der Waals surface area contributed by atoms with Gasteiger partial charge in [0.2, 0.25) is 0 Å². The van der Waals surface area contributed by atoms with Crippen LogP contribution in [0.15, 0.2) is 36.4 Å². The van der Waals surface area contributed by atoms with Crippen LogP contribution in [-0.4, -0.2) is 6.29 Å². The van der Waals surface area contributed by atoms with Gasteiger partial charge in [-0.05, 0) is 24.3 Å². The van der Waals surface area contributed by atoms with E-state index in [1.807, 2.05) is 0 Å². The maximum atomic E-state index is 13.3. The number of carbonyl (C=O) groups is 1. The summed E-state index contributed by atoms with van der Waals surface area (Å²) in [6.45, 7) is 0. The molecule has 0 N–H and O–H groups in total. The quantitative estimate of drug-likeness (QED) is 0.778. The first-order valence-electron chi connectivity index (χ1n) is 4.98. The molecule has 0 aliphatic carbocycles. The van der Waals surface area contributed by atoms with Crippen LogP contribution in [0, 0.1) is 17.5 Å². The van der Waals surface area contributed by atoms with E-state index in [1.165, 1.54) is 12.1 Å². The summed E-state index contributed by atoms with van der Waals surface area (Å²) in [7, 11) is 0. The average molecular weight is 252 g/mol. The lowest BCUT2D eigenvalue weighted by atomic mass is 10.2. The van der Waals surface area contributed by atoms with Gasteiger partial charge in [0.05, 0.1) is 5.56 Å². The van der Waals surface area contributed by atoms with E-state index in [9.17, 15) is 18.0 Å². The largest absolute Gasteiger partial charge is 0.451 e. The van der Waals surface area contributed by atoms with Crippen molar-refractivity contribution >= 4 is 6.29 Å². The Kier molecular flexibility index (Phi) is 3.32. The molecule has 2 aromatic carbocycles. The van der Waals surface area contributed by atoms with Gasteiger partial charge in [0, 0.05) is 6.07 Å². The maximum absolute atomic E-state index is 13.3. The highest BCUT2D eigenvalue weighted by Crippen LogP contribution is 2.28. The monoisotopic (exact) mass is 252 g/mol. The van der Waals surface area contributed by atoms with E-state index in [1.54, 1.807) is 0 Å². The standard InChI is InChI=1S/C13H7F3O2/c14-10-2-1-3-11(15)13(10)18-9-5-4-8(7-17)12(16)6-9/h1-7H. The van der Waals surface area contributed by atoms with Crippen molar-refractivity contribution in [3.05, 3.63) is 59.4 Å². The third-order valence-corrected chi connectivity index (χ3v) is 2.24. The normalized spacial score (nSPS) is 10.2. The number of benzene rings is 2. The van der Waals surface area contributed by atoms with Gasteiger partial charge in [-0.2, -0.15) is 0 Å². The van der Waals surface area contributed by atoms with Crippen LogP contribution in [0.25, 0.3) is 0 Å². The highest BCUT2D eigenvalue weighted by atomic mass is 19.1. The Hall–Kier alpha value is -2.30. The van der Waals surface area contributed by atoms with E-state index >= 15 is 0 Å². The number of para-hydroxylation sites is 1. The van der Waals surface area contributed by atoms with Crippen LogP contribution in [0.1, 0.15) is 10.4 Å². The third kappa shape index (κ3) is 2.34.